The predicted octanol–water partition coefficient (Wildman–Crippen LogP) is 7.66. The number of hydrogen-bond donors (Lipinski definition) is 2. The maximum absolute atomic E-state index is 6.55. The van der Waals surface area contributed by atoms with Crippen molar-refractivity contribution in [3.63, 3.8) is 0 Å². The van der Waals surface area contributed by atoms with Gasteiger partial charge in [-0.3, -0.25) is 0 Å². The van der Waals surface area contributed by atoms with E-state index in [1.54, 1.807) is 6.33 Å². The minimum Gasteiger partial charge on any atom is -0.367 e. The van der Waals surface area contributed by atoms with Gasteiger partial charge in [-0.2, -0.15) is 0 Å². The zero-order chi connectivity index (χ0) is 35.3. The topological polar surface area (TPSA) is 100 Å². The zero-order valence-electron chi connectivity index (χ0n) is 31.6. The molecule has 4 heterocycles. The molecule has 0 spiro atoms. The molecular formula is C39H59N7O3Si. The Kier molecular flexibility index (Phi) is 9.92. The van der Waals surface area contributed by atoms with E-state index in [0.29, 0.717) is 18.7 Å². The second kappa shape index (κ2) is 14.0. The highest BCUT2D eigenvalue weighted by molar-refractivity contribution is 6.76. The van der Waals surface area contributed by atoms with E-state index in [1.165, 1.54) is 30.0 Å². The number of imidazole rings is 1. The molecule has 0 amide bonds. The van der Waals surface area contributed by atoms with E-state index in [1.807, 2.05) is 13.8 Å². The second-order valence-corrected chi connectivity index (χ2v) is 23.3. The summed E-state index contributed by atoms with van der Waals surface area (Å²) in [6, 6.07) is 10.8. The van der Waals surface area contributed by atoms with Gasteiger partial charge in [0.1, 0.15) is 36.5 Å². The first-order valence-corrected chi connectivity index (χ1v) is 22.7. The number of nitrogens with one attached hydrogen (secondary N) is 2. The molecule has 4 aromatic rings. The van der Waals surface area contributed by atoms with Crippen LogP contribution in [0.2, 0.25) is 25.7 Å². The van der Waals surface area contributed by atoms with Crippen LogP contribution in [0.5, 0.6) is 0 Å². The molecular weight excluding hydrogens is 643 g/mol. The number of aromatic nitrogens is 5. The van der Waals surface area contributed by atoms with Gasteiger partial charge in [-0.25, -0.2) is 15.0 Å². The summed E-state index contributed by atoms with van der Waals surface area (Å²) in [5.41, 5.74) is 4.61. The molecule has 2 saturated carbocycles. The van der Waals surface area contributed by atoms with Crippen molar-refractivity contribution in [2.75, 3.05) is 25.0 Å². The highest BCUT2D eigenvalue weighted by Crippen LogP contribution is 2.47. The summed E-state index contributed by atoms with van der Waals surface area (Å²) < 4.78 is 23.9. The molecule has 1 saturated heterocycles. The van der Waals surface area contributed by atoms with Crippen molar-refractivity contribution < 1.29 is 14.2 Å². The fourth-order valence-corrected chi connectivity index (χ4v) is 8.40. The van der Waals surface area contributed by atoms with E-state index >= 15 is 0 Å². The standard InChI is InChI=1S/C39H59N7O3Si/c1-38(2,3)27-12-15-31-30(22-27)44-33(46(31)25-47-19-20-50(6,7)8)11-9-10-17-40-23-26-21-32(35-34(26)48-39(4,5)49-35)45-18-16-29-36(43-28-13-14-28)41-24-42-37(29)45/h12,15-16,18,22,24,26,28,32,34-35,40H,9-11,13-14,17,19-21,23,25H2,1-8H3,(H,41,42,43). The number of unbranched alkanes of at least 4 members (excludes halogenated alkanes) is 1. The molecule has 2 aliphatic carbocycles. The van der Waals surface area contributed by atoms with E-state index in [2.05, 4.69) is 95.6 Å². The molecule has 7 rings (SSSR count). The summed E-state index contributed by atoms with van der Waals surface area (Å²) in [6.07, 6.45) is 10.4. The Bertz CT molecular complexity index is 1780. The number of rotatable bonds is 15. The molecule has 1 aromatic carbocycles. The maximum Gasteiger partial charge on any atom is 0.163 e. The van der Waals surface area contributed by atoms with Crippen molar-refractivity contribution in [3.8, 4) is 0 Å². The summed E-state index contributed by atoms with van der Waals surface area (Å²) in [5.74, 6) is 1.82. The number of hydrogen-bond acceptors (Lipinski definition) is 8. The first-order valence-electron chi connectivity index (χ1n) is 19.0. The van der Waals surface area contributed by atoms with Crippen LogP contribution in [0, 0.1) is 5.92 Å². The number of aryl methyl sites for hydroxylation is 1. The van der Waals surface area contributed by atoms with Gasteiger partial charge in [0.05, 0.1) is 28.6 Å². The SMILES string of the molecule is CC1(C)OC2C(CNCCCCc3nc4cc(C(C)(C)C)ccc4n3COCC[Si](C)(C)C)CC(n3ccc4c(NC5CC5)ncnc43)C2O1. The number of ether oxygens (including phenoxy) is 3. The molecule has 50 heavy (non-hydrogen) atoms. The van der Waals surface area contributed by atoms with Crippen LogP contribution in [0.15, 0.2) is 36.8 Å². The summed E-state index contributed by atoms with van der Waals surface area (Å²) >= 11 is 0. The van der Waals surface area contributed by atoms with Gasteiger partial charge >= 0.3 is 0 Å². The lowest BCUT2D eigenvalue weighted by atomic mass is 9.87. The average molecular weight is 702 g/mol. The molecule has 4 unspecified atom stereocenters. The fourth-order valence-electron chi connectivity index (χ4n) is 7.64. The molecule has 0 radical (unpaired) electrons. The van der Waals surface area contributed by atoms with E-state index in [0.717, 1.165) is 73.6 Å². The van der Waals surface area contributed by atoms with Gasteiger partial charge in [-0.15, -0.1) is 0 Å². The Balaban J connectivity index is 0.965. The fraction of sp³-hybridized carbons (Fsp3) is 0.667. The molecule has 4 atom stereocenters. The highest BCUT2D eigenvalue weighted by Gasteiger charge is 2.54. The maximum atomic E-state index is 6.55. The van der Waals surface area contributed by atoms with Crippen LogP contribution in [-0.2, 0) is 32.8 Å². The number of nitrogens with zero attached hydrogens (tertiary/aromatic N) is 5. The molecule has 2 N–H and O–H groups in total. The Hall–Kier alpha value is -2.83. The van der Waals surface area contributed by atoms with Crippen molar-refractivity contribution in [1.82, 2.24) is 29.4 Å². The molecule has 3 fully saturated rings. The van der Waals surface area contributed by atoms with Crippen LogP contribution in [-0.4, -0.2) is 75.9 Å². The quantitative estimate of drug-likeness (QED) is 0.0963. The predicted molar refractivity (Wildman–Crippen MR) is 203 cm³/mol. The molecule has 11 heteroatoms. The van der Waals surface area contributed by atoms with Crippen molar-refractivity contribution in [1.29, 1.82) is 0 Å². The zero-order valence-corrected chi connectivity index (χ0v) is 32.6. The third-order valence-corrected chi connectivity index (χ3v) is 12.4. The largest absolute Gasteiger partial charge is 0.367 e. The second-order valence-electron chi connectivity index (χ2n) is 17.6. The molecule has 3 aromatic heterocycles. The smallest absolute Gasteiger partial charge is 0.163 e. The lowest BCUT2D eigenvalue weighted by molar-refractivity contribution is -0.160. The lowest BCUT2D eigenvalue weighted by Crippen LogP contribution is -2.33. The third kappa shape index (κ3) is 7.97. The normalized spacial score (nSPS) is 23.7. The van der Waals surface area contributed by atoms with Gasteiger partial charge in [-0.1, -0.05) is 46.5 Å². The van der Waals surface area contributed by atoms with Gasteiger partial charge in [0.25, 0.3) is 0 Å². The van der Waals surface area contributed by atoms with Gasteiger partial charge in [0.15, 0.2) is 5.79 Å². The monoisotopic (exact) mass is 701 g/mol. The first kappa shape index (κ1) is 35.6. The van der Waals surface area contributed by atoms with Crippen LogP contribution in [0.4, 0.5) is 5.82 Å². The van der Waals surface area contributed by atoms with E-state index in [4.69, 9.17) is 24.2 Å². The Morgan fingerprint density at radius 1 is 1.04 bits per heavy atom. The van der Waals surface area contributed by atoms with Crippen LogP contribution in [0.3, 0.4) is 0 Å². The Labute approximate surface area is 299 Å². The van der Waals surface area contributed by atoms with E-state index in [-0.39, 0.29) is 23.7 Å². The van der Waals surface area contributed by atoms with Crippen molar-refractivity contribution in [3.05, 3.63) is 48.2 Å². The Morgan fingerprint density at radius 2 is 1.84 bits per heavy atom. The van der Waals surface area contributed by atoms with Gasteiger partial charge in [-0.05, 0) is 87.7 Å². The number of fused-ring (bicyclic) bond motifs is 3. The van der Waals surface area contributed by atoms with Crippen molar-refractivity contribution in [2.45, 2.75) is 141 Å². The number of benzene rings is 1. The minimum absolute atomic E-state index is 0.0121. The summed E-state index contributed by atoms with van der Waals surface area (Å²) in [4.78, 5) is 14.4. The average Bonchev–Trinajstić information content (AvgIpc) is 3.34. The molecule has 0 bridgehead atoms. The molecule has 1 aliphatic heterocycles. The van der Waals surface area contributed by atoms with Gasteiger partial charge in [0.2, 0.25) is 0 Å². The van der Waals surface area contributed by atoms with Crippen LogP contribution < -0.4 is 10.6 Å². The summed E-state index contributed by atoms with van der Waals surface area (Å²) in [7, 11) is -1.15. The first-order chi connectivity index (χ1) is 23.8. The van der Waals surface area contributed by atoms with E-state index in [9.17, 15) is 0 Å². The molecule has 3 aliphatic rings. The van der Waals surface area contributed by atoms with Crippen LogP contribution in [0.25, 0.3) is 22.1 Å². The van der Waals surface area contributed by atoms with Gasteiger partial charge in [0, 0.05) is 45.8 Å². The minimum atomic E-state index is -1.15. The van der Waals surface area contributed by atoms with Crippen LogP contribution in [0.1, 0.15) is 84.2 Å². The summed E-state index contributed by atoms with van der Waals surface area (Å²) in [6.45, 7) is 21.3. The van der Waals surface area contributed by atoms with Gasteiger partial charge < -0.3 is 34.0 Å². The highest BCUT2D eigenvalue weighted by atomic mass is 28.3. The van der Waals surface area contributed by atoms with Crippen LogP contribution >= 0.6 is 0 Å². The Morgan fingerprint density at radius 3 is 2.60 bits per heavy atom. The molecule has 10 nitrogen and oxygen atoms in total. The van der Waals surface area contributed by atoms with E-state index < -0.39 is 13.9 Å². The van der Waals surface area contributed by atoms with Crippen molar-refractivity contribution in [2.24, 2.45) is 5.92 Å². The lowest BCUT2D eigenvalue weighted by Gasteiger charge is -2.24. The number of anilines is 1. The third-order valence-electron chi connectivity index (χ3n) is 10.7. The summed E-state index contributed by atoms with van der Waals surface area (Å²) in [5, 5.41) is 8.45. The molecule has 272 valence electrons. The van der Waals surface area contributed by atoms with Crippen molar-refractivity contribution >= 4 is 36.0 Å².